The summed E-state index contributed by atoms with van der Waals surface area (Å²) in [6.45, 7) is 3.63. The fourth-order valence-corrected chi connectivity index (χ4v) is 1.74. The molecule has 0 aromatic heterocycles. The van der Waals surface area contributed by atoms with Crippen LogP contribution in [0.5, 0.6) is 0 Å². The van der Waals surface area contributed by atoms with E-state index in [2.05, 4.69) is 16.9 Å². The van der Waals surface area contributed by atoms with Gasteiger partial charge in [-0.2, -0.15) is 5.01 Å². The van der Waals surface area contributed by atoms with Crippen molar-refractivity contribution in [1.29, 1.82) is 0 Å². The zero-order chi connectivity index (χ0) is 14.9. The van der Waals surface area contributed by atoms with Gasteiger partial charge >= 0.3 is 0 Å². The number of anilines is 1. The van der Waals surface area contributed by atoms with Crippen molar-refractivity contribution in [2.75, 3.05) is 5.01 Å². The molecule has 4 heteroatoms. The average Bonchev–Trinajstić information content (AvgIpc) is 2.55. The Kier molecular flexibility index (Phi) is 5.41. The average molecular weight is 279 g/mol. The first kappa shape index (κ1) is 14.7. The molecule has 0 aliphatic carbocycles. The van der Waals surface area contributed by atoms with Crippen molar-refractivity contribution in [3.8, 4) is 0 Å². The van der Waals surface area contributed by atoms with E-state index in [1.807, 2.05) is 60.7 Å². The quantitative estimate of drug-likeness (QED) is 0.430. The summed E-state index contributed by atoms with van der Waals surface area (Å²) in [6.07, 6.45) is 2.69. The van der Waals surface area contributed by atoms with Gasteiger partial charge < -0.3 is 0 Å². The van der Waals surface area contributed by atoms with E-state index in [0.29, 0.717) is 24.2 Å². The van der Waals surface area contributed by atoms with E-state index in [1.165, 1.54) is 5.01 Å². The third-order valence-corrected chi connectivity index (χ3v) is 2.81. The minimum atomic E-state index is -0.110. The molecule has 0 saturated carbocycles. The van der Waals surface area contributed by atoms with E-state index < -0.39 is 0 Å². The number of para-hydroxylation sites is 1. The lowest BCUT2D eigenvalue weighted by Gasteiger charge is -2.15. The molecular formula is C17H17N3O. The maximum absolute atomic E-state index is 12.2. The maximum atomic E-state index is 12.2. The number of hydrogen-bond acceptors (Lipinski definition) is 3. The molecule has 2 aromatic carbocycles. The van der Waals surface area contributed by atoms with Crippen molar-refractivity contribution < 1.29 is 4.79 Å². The number of carbonyl (C=O) groups excluding carboxylic acids is 1. The lowest BCUT2D eigenvalue weighted by Crippen LogP contribution is -2.24. The molecular weight excluding hydrogens is 262 g/mol. The largest absolute Gasteiger partial charge is 0.272 e. The van der Waals surface area contributed by atoms with E-state index in [4.69, 9.17) is 0 Å². The van der Waals surface area contributed by atoms with Crippen LogP contribution in [0.15, 0.2) is 83.7 Å². The predicted octanol–water partition coefficient (Wildman–Crippen LogP) is 4.68. The van der Waals surface area contributed by atoms with E-state index in [9.17, 15) is 4.79 Å². The second-order valence-corrected chi connectivity index (χ2v) is 4.39. The third-order valence-electron chi connectivity index (χ3n) is 2.81. The smallest absolute Gasteiger partial charge is 0.249 e. The maximum Gasteiger partial charge on any atom is 0.249 e. The normalized spacial score (nSPS) is 10.5. The molecule has 0 N–H and O–H groups in total. The Morgan fingerprint density at radius 3 is 2.29 bits per heavy atom. The summed E-state index contributed by atoms with van der Waals surface area (Å²) in [5.74, 6) is -0.110. The molecule has 0 heterocycles. The Balaban J connectivity index is 2.22. The van der Waals surface area contributed by atoms with E-state index in [1.54, 1.807) is 6.08 Å². The molecule has 2 aromatic rings. The molecule has 0 saturated heterocycles. The van der Waals surface area contributed by atoms with Crippen molar-refractivity contribution in [1.82, 2.24) is 0 Å². The second kappa shape index (κ2) is 7.75. The number of hydrogen-bond donors (Lipinski definition) is 0. The van der Waals surface area contributed by atoms with Crippen LogP contribution in [0.1, 0.15) is 12.8 Å². The fraction of sp³-hybridized carbons (Fsp3) is 0.118. The van der Waals surface area contributed by atoms with E-state index >= 15 is 0 Å². The van der Waals surface area contributed by atoms with Gasteiger partial charge in [-0.05, 0) is 30.7 Å². The van der Waals surface area contributed by atoms with Crippen LogP contribution in [0.25, 0.3) is 0 Å². The molecule has 0 spiro atoms. The Morgan fingerprint density at radius 1 is 1.05 bits per heavy atom. The summed E-state index contributed by atoms with van der Waals surface area (Å²) >= 11 is 0. The number of rotatable bonds is 6. The predicted molar refractivity (Wildman–Crippen MR) is 84.3 cm³/mol. The highest BCUT2D eigenvalue weighted by Crippen LogP contribution is 2.18. The zero-order valence-corrected chi connectivity index (χ0v) is 11.7. The van der Waals surface area contributed by atoms with Crippen LogP contribution in [0.2, 0.25) is 0 Å². The molecule has 0 aliphatic rings. The molecule has 106 valence electrons. The van der Waals surface area contributed by atoms with Crippen LogP contribution >= 0.6 is 0 Å². The van der Waals surface area contributed by atoms with Crippen LogP contribution in [0.3, 0.4) is 0 Å². The van der Waals surface area contributed by atoms with E-state index in [-0.39, 0.29) is 5.91 Å². The van der Waals surface area contributed by atoms with Gasteiger partial charge in [0.2, 0.25) is 5.91 Å². The number of benzene rings is 2. The summed E-state index contributed by atoms with van der Waals surface area (Å²) in [5, 5.41) is 9.54. The number of carbonyl (C=O) groups is 1. The topological polar surface area (TPSA) is 45.0 Å². The lowest BCUT2D eigenvalue weighted by molar-refractivity contribution is -0.118. The van der Waals surface area contributed by atoms with E-state index in [0.717, 1.165) is 0 Å². The van der Waals surface area contributed by atoms with Crippen molar-refractivity contribution in [2.24, 2.45) is 10.3 Å². The second-order valence-electron chi connectivity index (χ2n) is 4.39. The Morgan fingerprint density at radius 2 is 1.67 bits per heavy atom. The van der Waals surface area contributed by atoms with Crippen LogP contribution in [0.4, 0.5) is 11.4 Å². The summed E-state index contributed by atoms with van der Waals surface area (Å²) in [7, 11) is 0. The Labute approximate surface area is 124 Å². The van der Waals surface area contributed by atoms with Crippen molar-refractivity contribution in [2.45, 2.75) is 12.8 Å². The van der Waals surface area contributed by atoms with Gasteiger partial charge in [-0.15, -0.1) is 11.7 Å². The summed E-state index contributed by atoms with van der Waals surface area (Å²) < 4.78 is 0. The Bertz CT molecular complexity index is 608. The van der Waals surface area contributed by atoms with Gasteiger partial charge in [0.25, 0.3) is 0 Å². The fourth-order valence-electron chi connectivity index (χ4n) is 1.74. The number of nitrogens with zero attached hydrogens (tertiary/aromatic N) is 3. The van der Waals surface area contributed by atoms with Crippen molar-refractivity contribution in [3.63, 3.8) is 0 Å². The first-order valence-electron chi connectivity index (χ1n) is 6.77. The molecule has 0 atom stereocenters. The van der Waals surface area contributed by atoms with Crippen molar-refractivity contribution >= 4 is 17.3 Å². The van der Waals surface area contributed by atoms with Gasteiger partial charge in [-0.3, -0.25) is 4.79 Å². The van der Waals surface area contributed by atoms with Crippen LogP contribution < -0.4 is 5.01 Å². The first-order chi connectivity index (χ1) is 10.3. The first-order valence-corrected chi connectivity index (χ1v) is 6.77. The number of amides is 1. The van der Waals surface area contributed by atoms with Crippen LogP contribution in [0, 0.1) is 0 Å². The lowest BCUT2D eigenvalue weighted by atomic mass is 10.2. The standard InChI is InChI=1S/C17H17N3O/c1-2-3-14-17(21)20(16-12-8-5-9-13-16)19-18-15-10-6-4-7-11-15/h2,4-13H,1,3,14H2. The molecule has 0 radical (unpaired) electrons. The highest BCUT2D eigenvalue weighted by molar-refractivity contribution is 5.92. The van der Waals surface area contributed by atoms with Crippen LogP contribution in [-0.4, -0.2) is 5.91 Å². The molecule has 0 fully saturated rings. The molecule has 0 unspecified atom stereocenters. The molecule has 1 amide bonds. The van der Waals surface area contributed by atoms with Gasteiger partial charge in [0, 0.05) is 6.42 Å². The SMILES string of the molecule is C=CCCC(=O)N(N=Nc1ccccc1)c1ccccc1. The molecule has 0 aliphatic heterocycles. The summed E-state index contributed by atoms with van der Waals surface area (Å²) in [4.78, 5) is 12.2. The van der Waals surface area contributed by atoms with Gasteiger partial charge in [-0.25, -0.2) is 0 Å². The molecule has 0 bridgehead atoms. The minimum Gasteiger partial charge on any atom is -0.272 e. The summed E-state index contributed by atoms with van der Waals surface area (Å²) in [6, 6.07) is 18.6. The summed E-state index contributed by atoms with van der Waals surface area (Å²) in [5.41, 5.74) is 1.40. The highest BCUT2D eigenvalue weighted by atomic mass is 16.2. The number of allylic oxidation sites excluding steroid dienone is 1. The van der Waals surface area contributed by atoms with Crippen LogP contribution in [-0.2, 0) is 4.79 Å². The third kappa shape index (κ3) is 4.38. The zero-order valence-electron chi connectivity index (χ0n) is 11.7. The van der Waals surface area contributed by atoms with Gasteiger partial charge in [0.15, 0.2) is 0 Å². The monoisotopic (exact) mass is 279 g/mol. The van der Waals surface area contributed by atoms with Crippen molar-refractivity contribution in [3.05, 3.63) is 73.3 Å². The molecule has 2 rings (SSSR count). The van der Waals surface area contributed by atoms with Gasteiger partial charge in [0.1, 0.15) is 0 Å². The highest BCUT2D eigenvalue weighted by Gasteiger charge is 2.14. The minimum absolute atomic E-state index is 0.110. The Hall–Kier alpha value is -2.75. The van der Waals surface area contributed by atoms with Gasteiger partial charge in [0.05, 0.1) is 11.4 Å². The molecule has 4 nitrogen and oxygen atoms in total. The molecule has 21 heavy (non-hydrogen) atoms. The van der Waals surface area contributed by atoms with Gasteiger partial charge in [-0.1, -0.05) is 47.7 Å².